The maximum atomic E-state index is 14.2. The monoisotopic (exact) mass is 281 g/mol. The molecule has 0 aliphatic carbocycles. The molecule has 0 amide bonds. The van der Waals surface area contributed by atoms with Crippen LogP contribution in [0.5, 0.6) is 5.75 Å². The lowest BCUT2D eigenvalue weighted by Crippen LogP contribution is -2.24. The lowest BCUT2D eigenvalue weighted by Gasteiger charge is -2.18. The van der Waals surface area contributed by atoms with Crippen LogP contribution in [0.1, 0.15) is 30.7 Å². The summed E-state index contributed by atoms with van der Waals surface area (Å²) in [6, 6.07) is 5.06. The second-order valence-corrected chi connectivity index (χ2v) is 4.41. The molecule has 5 heteroatoms. The second-order valence-electron chi connectivity index (χ2n) is 4.41. The van der Waals surface area contributed by atoms with E-state index < -0.39 is 17.7 Å². The van der Waals surface area contributed by atoms with Crippen LogP contribution in [0.4, 0.5) is 8.78 Å². The third-order valence-corrected chi connectivity index (χ3v) is 3.00. The first-order valence-electron chi connectivity index (χ1n) is 6.47. The molecule has 1 aromatic carbocycles. The third-order valence-electron chi connectivity index (χ3n) is 3.00. The summed E-state index contributed by atoms with van der Waals surface area (Å²) >= 11 is 0. The summed E-state index contributed by atoms with van der Waals surface area (Å²) in [5, 5.41) is 3.09. The van der Waals surface area contributed by atoms with E-state index >= 15 is 0 Å². The Morgan fingerprint density at radius 3 is 2.50 bits per heavy atom. The van der Waals surface area contributed by atoms with Gasteiger partial charge in [-0.25, -0.2) is 8.78 Å². The van der Waals surface area contributed by atoms with Crippen LogP contribution in [0.2, 0.25) is 0 Å². The minimum absolute atomic E-state index is 0.0609. The molecule has 3 nitrogen and oxygen atoms in total. The van der Waals surface area contributed by atoms with Gasteiger partial charge in [-0.1, -0.05) is 6.92 Å². The Morgan fingerprint density at radius 1 is 1.30 bits per heavy atom. The van der Waals surface area contributed by atoms with Crippen LogP contribution in [-0.2, 0) is 0 Å². The molecule has 1 atom stereocenters. The fourth-order valence-corrected chi connectivity index (χ4v) is 2.04. The molecule has 1 unspecified atom stereocenters. The minimum Gasteiger partial charge on any atom is -0.497 e. The van der Waals surface area contributed by atoms with Crippen molar-refractivity contribution in [3.63, 3.8) is 0 Å². The molecule has 0 saturated carbocycles. The fraction of sp³-hybridized carbons (Fsp3) is 0.333. The van der Waals surface area contributed by atoms with Crippen LogP contribution in [0, 0.1) is 11.6 Å². The van der Waals surface area contributed by atoms with Gasteiger partial charge in [0.15, 0.2) is 0 Å². The van der Waals surface area contributed by atoms with Crippen molar-refractivity contribution >= 4 is 0 Å². The Morgan fingerprint density at radius 2 is 2.00 bits per heavy atom. The zero-order valence-electron chi connectivity index (χ0n) is 11.5. The van der Waals surface area contributed by atoms with Crippen molar-refractivity contribution in [2.75, 3.05) is 13.7 Å². The summed E-state index contributed by atoms with van der Waals surface area (Å²) in [5.74, 6) is -0.697. The Kier molecular flexibility index (Phi) is 4.74. The Hall–Kier alpha value is -1.88. The van der Waals surface area contributed by atoms with E-state index in [4.69, 9.17) is 9.15 Å². The molecule has 2 aromatic rings. The number of halogens is 2. The average Bonchev–Trinajstić information content (AvgIpc) is 2.95. The molecule has 0 saturated heterocycles. The van der Waals surface area contributed by atoms with E-state index in [1.165, 1.54) is 25.5 Å². The van der Waals surface area contributed by atoms with Gasteiger partial charge in [-0.3, -0.25) is 0 Å². The highest BCUT2D eigenvalue weighted by Crippen LogP contribution is 2.30. The molecular formula is C15H17F2NO2. The summed E-state index contributed by atoms with van der Waals surface area (Å²) in [7, 11) is 1.37. The zero-order valence-corrected chi connectivity index (χ0v) is 11.5. The number of ether oxygens (including phenoxy) is 1. The predicted octanol–water partition coefficient (Wildman–Crippen LogP) is 3.66. The first-order chi connectivity index (χ1) is 9.67. The summed E-state index contributed by atoms with van der Waals surface area (Å²) in [6.07, 6.45) is 2.33. The summed E-state index contributed by atoms with van der Waals surface area (Å²) < 4.78 is 38.5. The van der Waals surface area contributed by atoms with Crippen LogP contribution in [0.15, 0.2) is 34.9 Å². The fourth-order valence-electron chi connectivity index (χ4n) is 2.04. The molecule has 0 radical (unpaired) electrons. The Bertz CT molecular complexity index is 532. The van der Waals surface area contributed by atoms with Gasteiger partial charge < -0.3 is 14.5 Å². The van der Waals surface area contributed by atoms with Gasteiger partial charge in [0.2, 0.25) is 0 Å². The minimum atomic E-state index is -0.660. The van der Waals surface area contributed by atoms with Crippen molar-refractivity contribution in [1.29, 1.82) is 0 Å². The number of furan rings is 1. The van der Waals surface area contributed by atoms with Gasteiger partial charge in [0.25, 0.3) is 0 Å². The molecular weight excluding hydrogens is 264 g/mol. The quantitative estimate of drug-likeness (QED) is 0.877. The van der Waals surface area contributed by atoms with E-state index in [1.807, 2.05) is 6.92 Å². The van der Waals surface area contributed by atoms with Crippen molar-refractivity contribution in [1.82, 2.24) is 5.32 Å². The van der Waals surface area contributed by atoms with E-state index in [0.717, 1.165) is 6.42 Å². The molecule has 1 N–H and O–H groups in total. The van der Waals surface area contributed by atoms with E-state index in [1.54, 1.807) is 12.1 Å². The molecule has 1 aromatic heterocycles. The molecule has 108 valence electrons. The summed E-state index contributed by atoms with van der Waals surface area (Å²) in [4.78, 5) is 0. The summed E-state index contributed by atoms with van der Waals surface area (Å²) in [6.45, 7) is 2.60. The SMILES string of the molecule is CCCNC(c1ccco1)c1c(F)cc(OC)cc1F. The van der Waals surface area contributed by atoms with Crippen molar-refractivity contribution in [2.45, 2.75) is 19.4 Å². The second kappa shape index (κ2) is 6.52. The third kappa shape index (κ3) is 2.99. The largest absolute Gasteiger partial charge is 0.497 e. The number of rotatable bonds is 6. The van der Waals surface area contributed by atoms with Crippen molar-refractivity contribution in [2.24, 2.45) is 0 Å². The molecule has 0 aliphatic heterocycles. The van der Waals surface area contributed by atoms with Crippen LogP contribution < -0.4 is 10.1 Å². The van der Waals surface area contributed by atoms with Gasteiger partial charge in [0, 0.05) is 17.7 Å². The zero-order chi connectivity index (χ0) is 14.5. The van der Waals surface area contributed by atoms with Crippen LogP contribution in [0.3, 0.4) is 0 Å². The van der Waals surface area contributed by atoms with Crippen molar-refractivity contribution in [3.8, 4) is 5.75 Å². The first kappa shape index (κ1) is 14.5. The molecule has 0 aliphatic rings. The van der Waals surface area contributed by atoms with Crippen molar-refractivity contribution < 1.29 is 17.9 Å². The molecule has 0 fully saturated rings. The Labute approximate surface area is 116 Å². The van der Waals surface area contributed by atoms with Crippen LogP contribution in [0.25, 0.3) is 0 Å². The molecule has 0 spiro atoms. The Balaban J connectivity index is 2.43. The molecule has 20 heavy (non-hydrogen) atoms. The van der Waals surface area contributed by atoms with Crippen LogP contribution >= 0.6 is 0 Å². The maximum absolute atomic E-state index is 14.2. The smallest absolute Gasteiger partial charge is 0.135 e. The standard InChI is InChI=1S/C15H17F2NO2/c1-3-6-18-15(13-5-4-7-20-13)14-11(16)8-10(19-2)9-12(14)17/h4-5,7-9,15,18H,3,6H2,1-2H3. The van der Waals surface area contributed by atoms with Gasteiger partial charge in [0.05, 0.1) is 19.4 Å². The van der Waals surface area contributed by atoms with E-state index in [9.17, 15) is 8.78 Å². The van der Waals surface area contributed by atoms with E-state index in [0.29, 0.717) is 12.3 Å². The lowest BCUT2D eigenvalue weighted by molar-refractivity contribution is 0.395. The highest BCUT2D eigenvalue weighted by atomic mass is 19.1. The number of nitrogens with one attached hydrogen (secondary N) is 1. The van der Waals surface area contributed by atoms with Gasteiger partial charge in [-0.2, -0.15) is 0 Å². The topological polar surface area (TPSA) is 34.4 Å². The summed E-state index contributed by atoms with van der Waals surface area (Å²) in [5.41, 5.74) is -0.0609. The lowest BCUT2D eigenvalue weighted by atomic mass is 10.0. The molecule has 2 rings (SSSR count). The average molecular weight is 281 g/mol. The molecule has 1 heterocycles. The number of benzene rings is 1. The van der Waals surface area contributed by atoms with Gasteiger partial charge >= 0.3 is 0 Å². The van der Waals surface area contributed by atoms with E-state index in [2.05, 4.69) is 5.32 Å². The normalized spacial score (nSPS) is 12.4. The maximum Gasteiger partial charge on any atom is 0.135 e. The van der Waals surface area contributed by atoms with Crippen LogP contribution in [-0.4, -0.2) is 13.7 Å². The first-order valence-corrected chi connectivity index (χ1v) is 6.47. The number of methoxy groups -OCH3 is 1. The van der Waals surface area contributed by atoms with E-state index in [-0.39, 0.29) is 11.3 Å². The number of hydrogen-bond acceptors (Lipinski definition) is 3. The highest BCUT2D eigenvalue weighted by Gasteiger charge is 2.24. The van der Waals surface area contributed by atoms with Crippen molar-refractivity contribution in [3.05, 3.63) is 53.5 Å². The number of hydrogen-bond donors (Lipinski definition) is 1. The van der Waals surface area contributed by atoms with Gasteiger partial charge in [0.1, 0.15) is 23.1 Å². The van der Waals surface area contributed by atoms with Gasteiger partial charge in [-0.15, -0.1) is 0 Å². The molecule has 0 bridgehead atoms. The highest BCUT2D eigenvalue weighted by molar-refractivity contribution is 5.35. The predicted molar refractivity (Wildman–Crippen MR) is 71.8 cm³/mol. The van der Waals surface area contributed by atoms with Gasteiger partial charge in [-0.05, 0) is 25.1 Å².